The average Bonchev–Trinajstić information content (AvgIpc) is 3.09. The molecule has 1 saturated carbocycles. The van der Waals surface area contributed by atoms with Crippen molar-refractivity contribution in [1.29, 1.82) is 0 Å². The normalized spacial score (nSPS) is 26.4. The maximum absolute atomic E-state index is 12.3. The molecule has 1 aliphatic heterocycles. The van der Waals surface area contributed by atoms with E-state index in [0.717, 1.165) is 25.6 Å². The predicted molar refractivity (Wildman–Crippen MR) is 80.7 cm³/mol. The van der Waals surface area contributed by atoms with Crippen molar-refractivity contribution in [1.82, 2.24) is 10.2 Å². The SMILES string of the molecule is CCCC1CCN(CC(C)(NC2CC2)C(=O)OCC)C1. The number of likely N-dealkylation sites (tertiary alicyclic amines) is 1. The van der Waals surface area contributed by atoms with Crippen molar-refractivity contribution in [2.24, 2.45) is 5.92 Å². The van der Waals surface area contributed by atoms with E-state index >= 15 is 0 Å². The maximum atomic E-state index is 12.3. The summed E-state index contributed by atoms with van der Waals surface area (Å²) in [6.07, 6.45) is 6.22. The van der Waals surface area contributed by atoms with Gasteiger partial charge in [0.1, 0.15) is 5.54 Å². The van der Waals surface area contributed by atoms with Crippen molar-refractivity contribution >= 4 is 5.97 Å². The average molecular weight is 282 g/mol. The number of carbonyl (C=O) groups excluding carboxylic acids is 1. The lowest BCUT2D eigenvalue weighted by Gasteiger charge is -2.33. The second-order valence-electron chi connectivity index (χ2n) is 6.65. The fraction of sp³-hybridized carbons (Fsp3) is 0.938. The topological polar surface area (TPSA) is 41.6 Å². The smallest absolute Gasteiger partial charge is 0.327 e. The number of carbonyl (C=O) groups is 1. The molecule has 2 atom stereocenters. The Balaban J connectivity index is 1.91. The van der Waals surface area contributed by atoms with Crippen LogP contribution in [0.5, 0.6) is 0 Å². The highest BCUT2D eigenvalue weighted by Crippen LogP contribution is 2.26. The van der Waals surface area contributed by atoms with Gasteiger partial charge < -0.3 is 9.64 Å². The zero-order chi connectivity index (χ0) is 14.6. The Labute approximate surface area is 123 Å². The van der Waals surface area contributed by atoms with Crippen LogP contribution in [0.15, 0.2) is 0 Å². The third kappa shape index (κ3) is 4.19. The van der Waals surface area contributed by atoms with Crippen LogP contribution in [0.3, 0.4) is 0 Å². The Hall–Kier alpha value is -0.610. The summed E-state index contributed by atoms with van der Waals surface area (Å²) in [6, 6.07) is 0.512. The lowest BCUT2D eigenvalue weighted by molar-refractivity contribution is -0.151. The largest absolute Gasteiger partial charge is 0.465 e. The van der Waals surface area contributed by atoms with Gasteiger partial charge in [-0.2, -0.15) is 0 Å². The summed E-state index contributed by atoms with van der Waals surface area (Å²) in [5, 5.41) is 3.51. The Morgan fingerprint density at radius 1 is 1.35 bits per heavy atom. The van der Waals surface area contributed by atoms with Gasteiger partial charge in [-0.15, -0.1) is 0 Å². The minimum Gasteiger partial charge on any atom is -0.465 e. The molecule has 1 saturated heterocycles. The standard InChI is InChI=1S/C16H30N2O2/c1-4-6-13-9-10-18(11-13)12-16(3,15(19)20-5-2)17-14-7-8-14/h13-14,17H,4-12H2,1-3H3. The Kier molecular flexibility index (Phi) is 5.44. The highest BCUT2D eigenvalue weighted by Gasteiger charge is 2.42. The van der Waals surface area contributed by atoms with E-state index in [9.17, 15) is 4.79 Å². The molecule has 0 spiro atoms. The van der Waals surface area contributed by atoms with Crippen LogP contribution in [0.1, 0.15) is 52.9 Å². The van der Waals surface area contributed by atoms with Crippen LogP contribution in [-0.2, 0) is 9.53 Å². The predicted octanol–water partition coefficient (Wildman–Crippen LogP) is 2.18. The number of hydrogen-bond donors (Lipinski definition) is 1. The van der Waals surface area contributed by atoms with Crippen molar-refractivity contribution < 1.29 is 9.53 Å². The molecule has 0 aromatic carbocycles. The number of hydrogen-bond acceptors (Lipinski definition) is 4. The first kappa shape index (κ1) is 15.8. The van der Waals surface area contributed by atoms with Gasteiger partial charge in [-0.05, 0) is 52.0 Å². The van der Waals surface area contributed by atoms with E-state index in [0.29, 0.717) is 12.6 Å². The van der Waals surface area contributed by atoms with Gasteiger partial charge in [-0.3, -0.25) is 10.1 Å². The van der Waals surface area contributed by atoms with E-state index in [4.69, 9.17) is 4.74 Å². The lowest BCUT2D eigenvalue weighted by Crippen LogP contribution is -2.58. The van der Waals surface area contributed by atoms with E-state index in [1.807, 2.05) is 13.8 Å². The van der Waals surface area contributed by atoms with Gasteiger partial charge in [0, 0.05) is 19.1 Å². The summed E-state index contributed by atoms with van der Waals surface area (Å²) in [5.41, 5.74) is -0.543. The highest BCUT2D eigenvalue weighted by molar-refractivity contribution is 5.80. The van der Waals surface area contributed by atoms with E-state index in [1.54, 1.807) is 0 Å². The Bertz CT molecular complexity index is 330. The molecule has 0 aromatic rings. The molecule has 2 fully saturated rings. The molecule has 0 bridgehead atoms. The zero-order valence-electron chi connectivity index (χ0n) is 13.3. The molecule has 0 radical (unpaired) electrons. The van der Waals surface area contributed by atoms with E-state index < -0.39 is 5.54 Å². The molecular formula is C16H30N2O2. The van der Waals surface area contributed by atoms with E-state index in [-0.39, 0.29) is 5.97 Å². The summed E-state index contributed by atoms with van der Waals surface area (Å²) in [5.74, 6) is 0.721. The van der Waals surface area contributed by atoms with Crippen LogP contribution in [0, 0.1) is 5.92 Å². The van der Waals surface area contributed by atoms with Crippen LogP contribution in [0.2, 0.25) is 0 Å². The van der Waals surface area contributed by atoms with E-state index in [2.05, 4.69) is 17.1 Å². The first-order valence-electron chi connectivity index (χ1n) is 8.24. The van der Waals surface area contributed by atoms with Crippen LogP contribution in [-0.4, -0.2) is 48.7 Å². The third-order valence-electron chi connectivity index (χ3n) is 4.43. The summed E-state index contributed by atoms with van der Waals surface area (Å²) < 4.78 is 5.29. The summed E-state index contributed by atoms with van der Waals surface area (Å²) in [6.45, 7) is 9.63. The molecule has 1 N–H and O–H groups in total. The van der Waals surface area contributed by atoms with Crippen LogP contribution < -0.4 is 5.32 Å². The van der Waals surface area contributed by atoms with Gasteiger partial charge in [0.05, 0.1) is 6.61 Å². The molecule has 4 nitrogen and oxygen atoms in total. The zero-order valence-corrected chi connectivity index (χ0v) is 13.3. The van der Waals surface area contributed by atoms with Gasteiger partial charge >= 0.3 is 5.97 Å². The fourth-order valence-corrected chi connectivity index (χ4v) is 3.29. The van der Waals surface area contributed by atoms with Crippen molar-refractivity contribution in [2.75, 3.05) is 26.2 Å². The number of rotatable bonds is 8. The van der Waals surface area contributed by atoms with Crippen molar-refractivity contribution in [3.8, 4) is 0 Å². The molecule has 2 rings (SSSR count). The summed E-state index contributed by atoms with van der Waals surface area (Å²) in [4.78, 5) is 14.7. The quantitative estimate of drug-likeness (QED) is 0.693. The molecule has 0 aromatic heterocycles. The lowest BCUT2D eigenvalue weighted by atomic mass is 10.0. The number of esters is 1. The second-order valence-corrected chi connectivity index (χ2v) is 6.65. The van der Waals surface area contributed by atoms with Crippen LogP contribution >= 0.6 is 0 Å². The minimum atomic E-state index is -0.543. The van der Waals surface area contributed by atoms with Gasteiger partial charge in [0.2, 0.25) is 0 Å². The monoisotopic (exact) mass is 282 g/mol. The molecule has 1 heterocycles. The minimum absolute atomic E-state index is 0.0918. The molecule has 116 valence electrons. The summed E-state index contributed by atoms with van der Waals surface area (Å²) in [7, 11) is 0. The molecule has 2 aliphatic rings. The summed E-state index contributed by atoms with van der Waals surface area (Å²) >= 11 is 0. The molecule has 20 heavy (non-hydrogen) atoms. The highest BCUT2D eigenvalue weighted by atomic mass is 16.5. The van der Waals surface area contributed by atoms with E-state index in [1.165, 1.54) is 32.1 Å². The molecule has 1 aliphatic carbocycles. The van der Waals surface area contributed by atoms with Gasteiger partial charge in [-0.25, -0.2) is 0 Å². The Morgan fingerprint density at radius 3 is 2.70 bits per heavy atom. The number of nitrogens with zero attached hydrogens (tertiary/aromatic N) is 1. The van der Waals surface area contributed by atoms with Crippen molar-refractivity contribution in [2.45, 2.75) is 64.5 Å². The maximum Gasteiger partial charge on any atom is 0.327 e. The molecule has 4 heteroatoms. The molecular weight excluding hydrogens is 252 g/mol. The van der Waals surface area contributed by atoms with Gasteiger partial charge in [0.25, 0.3) is 0 Å². The molecule has 2 unspecified atom stereocenters. The Morgan fingerprint density at radius 2 is 2.10 bits per heavy atom. The van der Waals surface area contributed by atoms with Crippen LogP contribution in [0.4, 0.5) is 0 Å². The van der Waals surface area contributed by atoms with Crippen molar-refractivity contribution in [3.05, 3.63) is 0 Å². The van der Waals surface area contributed by atoms with Crippen molar-refractivity contribution in [3.63, 3.8) is 0 Å². The van der Waals surface area contributed by atoms with Gasteiger partial charge in [-0.1, -0.05) is 13.3 Å². The molecule has 0 amide bonds. The van der Waals surface area contributed by atoms with Gasteiger partial charge in [0.15, 0.2) is 0 Å². The second kappa shape index (κ2) is 6.90. The fourth-order valence-electron chi connectivity index (χ4n) is 3.29. The number of ether oxygens (including phenoxy) is 1. The third-order valence-corrected chi connectivity index (χ3v) is 4.43. The first-order chi connectivity index (χ1) is 9.57. The van der Waals surface area contributed by atoms with Crippen LogP contribution in [0.25, 0.3) is 0 Å². The first-order valence-corrected chi connectivity index (χ1v) is 8.24. The number of nitrogens with one attached hydrogen (secondary N) is 1.